The summed E-state index contributed by atoms with van der Waals surface area (Å²) in [6, 6.07) is 17.4. The lowest BCUT2D eigenvalue weighted by molar-refractivity contribution is -0.122. The van der Waals surface area contributed by atoms with Gasteiger partial charge in [-0.2, -0.15) is 0 Å². The third kappa shape index (κ3) is 4.03. The first-order chi connectivity index (χ1) is 11.3. The maximum atomic E-state index is 12.7. The molecule has 0 bridgehead atoms. The van der Waals surface area contributed by atoms with Gasteiger partial charge in [0.2, 0.25) is 5.91 Å². The molecule has 0 heterocycles. The lowest BCUT2D eigenvalue weighted by atomic mass is 10.1. The summed E-state index contributed by atoms with van der Waals surface area (Å²) in [4.78, 5) is 12.7. The lowest BCUT2D eigenvalue weighted by Gasteiger charge is -2.21. The molecule has 0 aliphatic heterocycles. The number of carbonyl (C=O) groups excluding carboxylic acids is 1. The van der Waals surface area contributed by atoms with Gasteiger partial charge in [0.15, 0.2) is 0 Å². The largest absolute Gasteiger partial charge is 0.492 e. The Labute approximate surface area is 136 Å². The standard InChI is InChI=1S/C19H22N2O2/c1-2-23-17-11-7-6-10-16(17)21-18(14-8-4-3-5-9-14)19(22)20-15-12-13-15/h3-11,15,18,21H,2,12-13H2,1H3,(H,20,22)/t18-/m0/s1. The third-order valence-corrected chi connectivity index (χ3v) is 3.81. The van der Waals surface area contributed by atoms with Crippen molar-refractivity contribution in [3.8, 4) is 5.75 Å². The topological polar surface area (TPSA) is 50.4 Å². The Morgan fingerprint density at radius 3 is 2.52 bits per heavy atom. The van der Waals surface area contributed by atoms with E-state index in [-0.39, 0.29) is 5.91 Å². The van der Waals surface area contributed by atoms with Gasteiger partial charge < -0.3 is 15.4 Å². The molecule has 0 aromatic heterocycles. The molecular formula is C19H22N2O2. The summed E-state index contributed by atoms with van der Waals surface area (Å²) in [6.07, 6.45) is 2.14. The van der Waals surface area contributed by atoms with Gasteiger partial charge in [-0.3, -0.25) is 4.79 Å². The van der Waals surface area contributed by atoms with Crippen molar-refractivity contribution >= 4 is 11.6 Å². The predicted octanol–water partition coefficient (Wildman–Crippen LogP) is 3.52. The second-order valence-corrected chi connectivity index (χ2v) is 5.70. The Hall–Kier alpha value is -2.49. The van der Waals surface area contributed by atoms with Crippen molar-refractivity contribution in [3.63, 3.8) is 0 Å². The maximum absolute atomic E-state index is 12.7. The van der Waals surface area contributed by atoms with Crippen molar-refractivity contribution in [2.45, 2.75) is 31.8 Å². The van der Waals surface area contributed by atoms with Gasteiger partial charge in [0, 0.05) is 6.04 Å². The molecule has 1 aliphatic carbocycles. The van der Waals surface area contributed by atoms with Crippen molar-refractivity contribution in [2.24, 2.45) is 0 Å². The van der Waals surface area contributed by atoms with E-state index in [0.717, 1.165) is 29.8 Å². The molecule has 4 nitrogen and oxygen atoms in total. The summed E-state index contributed by atoms with van der Waals surface area (Å²) in [5.41, 5.74) is 1.77. The van der Waals surface area contributed by atoms with Gasteiger partial charge in [-0.05, 0) is 37.5 Å². The molecular weight excluding hydrogens is 288 g/mol. The first kappa shape index (κ1) is 15.4. The normalized spacial score (nSPS) is 14.8. The van der Waals surface area contributed by atoms with Crippen LogP contribution in [0.1, 0.15) is 31.4 Å². The second-order valence-electron chi connectivity index (χ2n) is 5.70. The van der Waals surface area contributed by atoms with Gasteiger partial charge in [-0.15, -0.1) is 0 Å². The SMILES string of the molecule is CCOc1ccccc1N[C@H](C(=O)NC1CC1)c1ccccc1. The van der Waals surface area contributed by atoms with Crippen LogP contribution in [0.2, 0.25) is 0 Å². The number of hydrogen-bond acceptors (Lipinski definition) is 3. The zero-order chi connectivity index (χ0) is 16.1. The average Bonchev–Trinajstić information content (AvgIpc) is 3.39. The summed E-state index contributed by atoms with van der Waals surface area (Å²) >= 11 is 0. The molecule has 23 heavy (non-hydrogen) atoms. The van der Waals surface area contributed by atoms with Gasteiger partial charge in [0.05, 0.1) is 12.3 Å². The number of para-hydroxylation sites is 2. The number of anilines is 1. The minimum Gasteiger partial charge on any atom is -0.492 e. The summed E-state index contributed by atoms with van der Waals surface area (Å²) in [5.74, 6) is 0.764. The molecule has 0 saturated heterocycles. The highest BCUT2D eigenvalue weighted by Gasteiger charge is 2.28. The zero-order valence-electron chi connectivity index (χ0n) is 13.3. The number of nitrogens with one attached hydrogen (secondary N) is 2. The van der Waals surface area contributed by atoms with Crippen molar-refractivity contribution in [1.29, 1.82) is 0 Å². The van der Waals surface area contributed by atoms with Gasteiger partial charge in [0.25, 0.3) is 0 Å². The smallest absolute Gasteiger partial charge is 0.247 e. The molecule has 1 fully saturated rings. The minimum atomic E-state index is -0.432. The van der Waals surface area contributed by atoms with Crippen LogP contribution in [0.15, 0.2) is 54.6 Å². The highest BCUT2D eigenvalue weighted by Crippen LogP contribution is 2.29. The number of ether oxygens (including phenoxy) is 1. The number of rotatable bonds is 7. The van der Waals surface area contributed by atoms with Crippen LogP contribution in [-0.4, -0.2) is 18.6 Å². The molecule has 4 heteroatoms. The molecule has 1 amide bonds. The van der Waals surface area contributed by atoms with E-state index in [2.05, 4.69) is 10.6 Å². The van der Waals surface area contributed by atoms with E-state index in [1.807, 2.05) is 61.5 Å². The van der Waals surface area contributed by atoms with Gasteiger partial charge in [-0.25, -0.2) is 0 Å². The minimum absolute atomic E-state index is 0.00463. The molecule has 0 radical (unpaired) electrons. The van der Waals surface area contributed by atoms with Crippen LogP contribution in [0, 0.1) is 0 Å². The molecule has 1 atom stereocenters. The Balaban J connectivity index is 1.85. The van der Waals surface area contributed by atoms with E-state index in [4.69, 9.17) is 4.74 Å². The van der Waals surface area contributed by atoms with Gasteiger partial charge >= 0.3 is 0 Å². The third-order valence-electron chi connectivity index (χ3n) is 3.81. The molecule has 120 valence electrons. The number of hydrogen-bond donors (Lipinski definition) is 2. The number of amides is 1. The molecule has 3 rings (SSSR count). The molecule has 2 aromatic carbocycles. The first-order valence-electron chi connectivity index (χ1n) is 8.11. The molecule has 0 spiro atoms. The fourth-order valence-electron chi connectivity index (χ4n) is 2.48. The van der Waals surface area contributed by atoms with Crippen LogP contribution in [0.5, 0.6) is 5.75 Å². The summed E-state index contributed by atoms with van der Waals surface area (Å²) in [7, 11) is 0. The fraction of sp³-hybridized carbons (Fsp3) is 0.316. The summed E-state index contributed by atoms with van der Waals surface area (Å²) in [5, 5.41) is 6.43. The Kier molecular flexibility index (Phi) is 4.81. The molecule has 2 aromatic rings. The van der Waals surface area contributed by atoms with E-state index < -0.39 is 6.04 Å². The fourth-order valence-corrected chi connectivity index (χ4v) is 2.48. The van der Waals surface area contributed by atoms with E-state index in [0.29, 0.717) is 12.6 Å². The predicted molar refractivity (Wildman–Crippen MR) is 91.6 cm³/mol. The quantitative estimate of drug-likeness (QED) is 0.822. The monoisotopic (exact) mass is 310 g/mol. The van der Waals surface area contributed by atoms with E-state index in [9.17, 15) is 4.79 Å². The van der Waals surface area contributed by atoms with Crippen LogP contribution >= 0.6 is 0 Å². The lowest BCUT2D eigenvalue weighted by Crippen LogP contribution is -2.34. The van der Waals surface area contributed by atoms with Crippen LogP contribution in [0.4, 0.5) is 5.69 Å². The van der Waals surface area contributed by atoms with Gasteiger partial charge in [0.1, 0.15) is 11.8 Å². The van der Waals surface area contributed by atoms with Crippen LogP contribution < -0.4 is 15.4 Å². The van der Waals surface area contributed by atoms with Crippen LogP contribution in [0.25, 0.3) is 0 Å². The molecule has 0 unspecified atom stereocenters. The van der Waals surface area contributed by atoms with Crippen LogP contribution in [0.3, 0.4) is 0 Å². The summed E-state index contributed by atoms with van der Waals surface area (Å²) in [6.45, 7) is 2.54. The van der Waals surface area contributed by atoms with E-state index >= 15 is 0 Å². The summed E-state index contributed by atoms with van der Waals surface area (Å²) < 4.78 is 5.65. The number of carbonyl (C=O) groups is 1. The highest BCUT2D eigenvalue weighted by molar-refractivity contribution is 5.87. The van der Waals surface area contributed by atoms with Gasteiger partial charge in [-0.1, -0.05) is 42.5 Å². The second kappa shape index (κ2) is 7.18. The Morgan fingerprint density at radius 2 is 1.83 bits per heavy atom. The molecule has 1 saturated carbocycles. The highest BCUT2D eigenvalue weighted by atomic mass is 16.5. The maximum Gasteiger partial charge on any atom is 0.247 e. The van der Waals surface area contributed by atoms with E-state index in [1.54, 1.807) is 0 Å². The Morgan fingerprint density at radius 1 is 1.13 bits per heavy atom. The van der Waals surface area contributed by atoms with Crippen LogP contribution in [-0.2, 0) is 4.79 Å². The van der Waals surface area contributed by atoms with Crippen molar-refractivity contribution in [1.82, 2.24) is 5.32 Å². The first-order valence-corrected chi connectivity index (χ1v) is 8.11. The molecule has 1 aliphatic rings. The average molecular weight is 310 g/mol. The number of benzene rings is 2. The van der Waals surface area contributed by atoms with Crippen molar-refractivity contribution in [2.75, 3.05) is 11.9 Å². The Bertz CT molecular complexity index is 653. The van der Waals surface area contributed by atoms with Crippen molar-refractivity contribution in [3.05, 3.63) is 60.2 Å². The molecule has 2 N–H and O–H groups in total. The zero-order valence-corrected chi connectivity index (χ0v) is 13.3. The van der Waals surface area contributed by atoms with Crippen molar-refractivity contribution < 1.29 is 9.53 Å². The van der Waals surface area contributed by atoms with E-state index in [1.165, 1.54) is 0 Å².